The molecule has 0 spiro atoms. The summed E-state index contributed by atoms with van der Waals surface area (Å²) in [5, 5.41) is 11.2. The number of carboxylic acid groups (broad SMARTS) is 1. The minimum atomic E-state index is -1.08. The average Bonchev–Trinajstić information content (AvgIpc) is 2.51. The monoisotopic (exact) mass is 310 g/mol. The Bertz CT molecular complexity index is 554. The molecule has 0 bridgehead atoms. The summed E-state index contributed by atoms with van der Waals surface area (Å²) in [7, 11) is 4.27. The molecule has 0 aliphatic rings. The normalized spacial score (nSPS) is 10.9. The summed E-state index contributed by atoms with van der Waals surface area (Å²) in [6.45, 7) is 0. The van der Waals surface area contributed by atoms with Gasteiger partial charge in [0.2, 0.25) is 11.8 Å². The Kier molecular flexibility index (Phi) is 7.00. The van der Waals surface area contributed by atoms with E-state index >= 15 is 0 Å². The van der Waals surface area contributed by atoms with Gasteiger partial charge in [-0.2, -0.15) is 0 Å². The molecule has 0 radical (unpaired) electrons. The molecule has 0 aromatic carbocycles. The lowest BCUT2D eigenvalue weighted by atomic mass is 10.3. The number of methoxy groups -OCH3 is 3. The molecule has 0 aliphatic carbocycles. The molecule has 0 atom stereocenters. The number of aromatic nitrogens is 1. The first kappa shape index (κ1) is 17.6. The van der Waals surface area contributed by atoms with Gasteiger partial charge in [-0.3, -0.25) is 4.79 Å². The third-order valence-electron chi connectivity index (χ3n) is 2.62. The van der Waals surface area contributed by atoms with E-state index in [1.165, 1.54) is 27.4 Å². The Labute approximate surface area is 127 Å². The van der Waals surface area contributed by atoms with Crippen LogP contribution < -0.4 is 10.1 Å². The maximum atomic E-state index is 11.9. The zero-order valence-electron chi connectivity index (χ0n) is 12.5. The summed E-state index contributed by atoms with van der Waals surface area (Å²) in [4.78, 5) is 26.4. The summed E-state index contributed by atoms with van der Waals surface area (Å²) in [5.41, 5.74) is 0.759. The molecule has 1 amide bonds. The van der Waals surface area contributed by atoms with Crippen LogP contribution >= 0.6 is 0 Å². The molecule has 0 aliphatic heterocycles. The van der Waals surface area contributed by atoms with E-state index in [9.17, 15) is 9.59 Å². The first-order valence-corrected chi connectivity index (χ1v) is 6.31. The second kappa shape index (κ2) is 8.75. The predicted molar refractivity (Wildman–Crippen MR) is 78.5 cm³/mol. The molecule has 8 nitrogen and oxygen atoms in total. The summed E-state index contributed by atoms with van der Waals surface area (Å²) < 4.78 is 15.0. The fourth-order valence-corrected chi connectivity index (χ4v) is 1.57. The van der Waals surface area contributed by atoms with Gasteiger partial charge in [-0.25, -0.2) is 9.78 Å². The molecule has 1 heterocycles. The van der Waals surface area contributed by atoms with Crippen LogP contribution in [-0.4, -0.2) is 49.6 Å². The highest BCUT2D eigenvalue weighted by molar-refractivity contribution is 5.92. The Morgan fingerprint density at radius 2 is 2.00 bits per heavy atom. The van der Waals surface area contributed by atoms with Crippen molar-refractivity contribution in [3.63, 3.8) is 0 Å². The van der Waals surface area contributed by atoms with Gasteiger partial charge in [0, 0.05) is 20.3 Å². The topological polar surface area (TPSA) is 107 Å². The number of rotatable bonds is 8. The van der Waals surface area contributed by atoms with Gasteiger partial charge in [0.25, 0.3) is 0 Å². The van der Waals surface area contributed by atoms with Crippen molar-refractivity contribution in [1.82, 2.24) is 4.98 Å². The first-order valence-electron chi connectivity index (χ1n) is 6.31. The van der Waals surface area contributed by atoms with Crippen LogP contribution in [0.5, 0.6) is 5.88 Å². The maximum Gasteiger partial charge on any atom is 0.328 e. The van der Waals surface area contributed by atoms with Crippen LogP contribution in [0.25, 0.3) is 6.08 Å². The highest BCUT2D eigenvalue weighted by atomic mass is 16.7. The van der Waals surface area contributed by atoms with E-state index in [4.69, 9.17) is 19.3 Å². The van der Waals surface area contributed by atoms with Gasteiger partial charge in [-0.1, -0.05) is 0 Å². The smallest absolute Gasteiger partial charge is 0.328 e. The molecule has 2 N–H and O–H groups in total. The number of carbonyl (C=O) groups excluding carboxylic acids is 1. The minimum Gasteiger partial charge on any atom is -0.479 e. The number of anilines is 1. The van der Waals surface area contributed by atoms with Crippen LogP contribution in [-0.2, 0) is 19.1 Å². The third kappa shape index (κ3) is 5.51. The zero-order valence-corrected chi connectivity index (χ0v) is 12.5. The Morgan fingerprint density at radius 1 is 1.32 bits per heavy atom. The summed E-state index contributed by atoms with van der Waals surface area (Å²) >= 11 is 0. The number of nitrogens with zero attached hydrogens (tertiary/aromatic N) is 1. The molecular formula is C14H18N2O6. The minimum absolute atomic E-state index is 0.0107. The number of pyridine rings is 1. The molecule has 8 heteroatoms. The van der Waals surface area contributed by atoms with Crippen LogP contribution in [0.15, 0.2) is 18.2 Å². The van der Waals surface area contributed by atoms with Crippen LogP contribution in [0.2, 0.25) is 0 Å². The highest BCUT2D eigenvalue weighted by Gasteiger charge is 2.14. The van der Waals surface area contributed by atoms with Crippen molar-refractivity contribution in [2.24, 2.45) is 0 Å². The lowest BCUT2D eigenvalue weighted by Crippen LogP contribution is -2.23. The lowest BCUT2D eigenvalue weighted by molar-refractivity contribution is -0.135. The van der Waals surface area contributed by atoms with E-state index in [2.05, 4.69) is 10.3 Å². The second-order valence-corrected chi connectivity index (χ2v) is 4.12. The number of hydrogen-bond donors (Lipinski definition) is 2. The van der Waals surface area contributed by atoms with Crippen LogP contribution in [0.4, 0.5) is 5.69 Å². The van der Waals surface area contributed by atoms with Crippen molar-refractivity contribution < 1.29 is 28.9 Å². The second-order valence-electron chi connectivity index (χ2n) is 4.12. The van der Waals surface area contributed by atoms with E-state index in [0.29, 0.717) is 11.4 Å². The zero-order chi connectivity index (χ0) is 16.5. The van der Waals surface area contributed by atoms with E-state index in [-0.39, 0.29) is 18.2 Å². The van der Waals surface area contributed by atoms with E-state index in [1.54, 1.807) is 12.1 Å². The van der Waals surface area contributed by atoms with Crippen molar-refractivity contribution >= 4 is 23.6 Å². The Balaban J connectivity index is 2.82. The quantitative estimate of drug-likeness (QED) is 0.547. The third-order valence-corrected chi connectivity index (χ3v) is 2.62. The standard InChI is InChI=1S/C14H18N2O6/c1-20-13(21-2)8-11(17)16-10-6-4-9(5-7-12(18)19)15-14(10)22-3/h4-7,13H,8H2,1-3H3,(H,16,17)(H,18,19). The largest absolute Gasteiger partial charge is 0.479 e. The first-order chi connectivity index (χ1) is 10.5. The van der Waals surface area contributed by atoms with Gasteiger partial charge < -0.3 is 24.6 Å². The molecule has 1 aromatic heterocycles. The van der Waals surface area contributed by atoms with E-state index in [1.807, 2.05) is 0 Å². The van der Waals surface area contributed by atoms with E-state index < -0.39 is 12.3 Å². The Hall–Kier alpha value is -2.45. The van der Waals surface area contributed by atoms with Crippen LogP contribution in [0.1, 0.15) is 12.1 Å². The SMILES string of the molecule is COc1nc(C=CC(=O)O)ccc1NC(=O)CC(OC)OC. The number of hydrogen-bond acceptors (Lipinski definition) is 6. The molecule has 0 saturated carbocycles. The van der Waals surface area contributed by atoms with Crippen molar-refractivity contribution in [3.05, 3.63) is 23.9 Å². The van der Waals surface area contributed by atoms with E-state index in [0.717, 1.165) is 6.08 Å². The molecule has 120 valence electrons. The highest BCUT2D eigenvalue weighted by Crippen LogP contribution is 2.22. The summed E-state index contributed by atoms with van der Waals surface area (Å²) in [6, 6.07) is 3.13. The molecule has 1 aromatic rings. The van der Waals surface area contributed by atoms with Gasteiger partial charge in [0.05, 0.1) is 19.2 Å². The van der Waals surface area contributed by atoms with Crippen molar-refractivity contribution in [1.29, 1.82) is 0 Å². The fourth-order valence-electron chi connectivity index (χ4n) is 1.57. The lowest BCUT2D eigenvalue weighted by Gasteiger charge is -2.14. The van der Waals surface area contributed by atoms with Crippen molar-refractivity contribution in [3.8, 4) is 5.88 Å². The summed E-state index contributed by atoms with van der Waals surface area (Å²) in [5.74, 6) is -1.24. The molecular weight excluding hydrogens is 292 g/mol. The summed E-state index contributed by atoms with van der Waals surface area (Å²) in [6.07, 6.45) is 1.65. The number of aliphatic carboxylic acids is 1. The average molecular weight is 310 g/mol. The number of nitrogens with one attached hydrogen (secondary N) is 1. The Morgan fingerprint density at radius 3 is 2.55 bits per heavy atom. The molecule has 1 rings (SSSR count). The molecule has 0 unspecified atom stereocenters. The predicted octanol–water partition coefficient (Wildman–Crippen LogP) is 1.14. The van der Waals surface area contributed by atoms with Gasteiger partial charge in [0.1, 0.15) is 5.69 Å². The van der Waals surface area contributed by atoms with Crippen molar-refractivity contribution in [2.75, 3.05) is 26.6 Å². The van der Waals surface area contributed by atoms with Crippen LogP contribution in [0.3, 0.4) is 0 Å². The number of ether oxygens (including phenoxy) is 3. The van der Waals surface area contributed by atoms with Crippen molar-refractivity contribution in [2.45, 2.75) is 12.7 Å². The fraction of sp³-hybridized carbons (Fsp3) is 0.357. The number of carbonyl (C=O) groups is 2. The number of carboxylic acids is 1. The van der Waals surface area contributed by atoms with Gasteiger partial charge in [-0.15, -0.1) is 0 Å². The molecule has 0 saturated heterocycles. The van der Waals surface area contributed by atoms with Gasteiger partial charge in [-0.05, 0) is 18.2 Å². The molecule has 0 fully saturated rings. The molecule has 22 heavy (non-hydrogen) atoms. The van der Waals surface area contributed by atoms with Crippen LogP contribution in [0, 0.1) is 0 Å². The number of amides is 1. The maximum absolute atomic E-state index is 11.9. The van der Waals surface area contributed by atoms with Gasteiger partial charge >= 0.3 is 5.97 Å². The van der Waals surface area contributed by atoms with Gasteiger partial charge in [0.15, 0.2) is 6.29 Å².